The minimum Gasteiger partial charge on any atom is -0.456 e. The normalized spacial score (nSPS) is 20.9. The van der Waals surface area contributed by atoms with E-state index in [1.807, 2.05) is 24.4 Å². The first kappa shape index (κ1) is 22.4. The molecule has 10 heteroatoms. The number of H-pyrrole nitrogens is 1. The molecule has 0 bridgehead atoms. The fourth-order valence-electron chi connectivity index (χ4n) is 4.96. The summed E-state index contributed by atoms with van der Waals surface area (Å²) in [5.74, 6) is 0. The van der Waals surface area contributed by atoms with E-state index in [2.05, 4.69) is 56.7 Å². The van der Waals surface area contributed by atoms with Gasteiger partial charge in [0.15, 0.2) is 11.8 Å². The Labute approximate surface area is 217 Å². The second kappa shape index (κ2) is 9.26. The van der Waals surface area contributed by atoms with E-state index in [0.717, 1.165) is 28.7 Å². The van der Waals surface area contributed by atoms with Crippen molar-refractivity contribution >= 4 is 22.8 Å². The summed E-state index contributed by atoms with van der Waals surface area (Å²) in [6.45, 7) is 1.88. The molecular weight excluding hydrogens is 492 g/mol. The molecule has 1 unspecified atom stereocenters. The van der Waals surface area contributed by atoms with Crippen molar-refractivity contribution in [1.29, 1.82) is 0 Å². The molecule has 1 N–H and O–H groups in total. The molecule has 3 atom stereocenters. The third kappa shape index (κ3) is 4.35. The molecule has 7 rings (SSSR count). The van der Waals surface area contributed by atoms with Crippen molar-refractivity contribution in [2.75, 3.05) is 13.2 Å². The number of hydrogen-bond donors (Lipinski definition) is 1. The molecule has 0 saturated carbocycles. The van der Waals surface area contributed by atoms with Gasteiger partial charge >= 0.3 is 0 Å². The van der Waals surface area contributed by atoms with Gasteiger partial charge in [0, 0.05) is 18.4 Å². The van der Waals surface area contributed by atoms with E-state index in [1.54, 1.807) is 10.9 Å². The molecule has 3 aromatic heterocycles. The quantitative estimate of drug-likeness (QED) is 0.355. The van der Waals surface area contributed by atoms with Gasteiger partial charge in [0.2, 0.25) is 0 Å². The number of hydrogen-bond acceptors (Lipinski definition) is 7. The molecule has 37 heavy (non-hydrogen) atoms. The molecule has 0 radical (unpaired) electrons. The van der Waals surface area contributed by atoms with Crippen LogP contribution >= 0.6 is 11.6 Å². The summed E-state index contributed by atoms with van der Waals surface area (Å²) in [6.07, 6.45) is 4.30. The second-order valence-corrected chi connectivity index (χ2v) is 9.67. The van der Waals surface area contributed by atoms with Gasteiger partial charge in [0.1, 0.15) is 6.10 Å². The first-order valence-corrected chi connectivity index (χ1v) is 12.6. The van der Waals surface area contributed by atoms with Crippen molar-refractivity contribution in [3.05, 3.63) is 77.6 Å². The average Bonchev–Trinajstić information content (AvgIpc) is 3.71. The molecule has 2 fully saturated rings. The van der Waals surface area contributed by atoms with Crippen LogP contribution in [0, 0.1) is 0 Å². The number of nitrogens with one attached hydrogen (secondary N) is 1. The second-order valence-electron chi connectivity index (χ2n) is 9.26. The molecule has 5 aromatic rings. The zero-order chi connectivity index (χ0) is 24.8. The maximum absolute atomic E-state index is 6.62. The lowest BCUT2D eigenvalue weighted by molar-refractivity contribution is 0.0273. The van der Waals surface area contributed by atoms with Crippen LogP contribution < -0.4 is 4.74 Å². The number of halogens is 1. The Bertz CT molecular complexity index is 1540. The van der Waals surface area contributed by atoms with Crippen molar-refractivity contribution in [1.82, 2.24) is 29.9 Å². The first-order chi connectivity index (χ1) is 18.2. The average molecular weight is 515 g/mol. The molecule has 2 saturated heterocycles. The zero-order valence-electron chi connectivity index (χ0n) is 19.8. The zero-order valence-corrected chi connectivity index (χ0v) is 20.5. The van der Waals surface area contributed by atoms with Gasteiger partial charge in [0.05, 0.1) is 41.7 Å². The molecule has 0 amide bonds. The fourth-order valence-corrected chi connectivity index (χ4v) is 5.22. The predicted molar refractivity (Wildman–Crippen MR) is 137 cm³/mol. The van der Waals surface area contributed by atoms with Crippen molar-refractivity contribution in [3.8, 4) is 28.4 Å². The van der Waals surface area contributed by atoms with Gasteiger partial charge in [-0.25, -0.2) is 9.67 Å². The molecule has 5 heterocycles. The van der Waals surface area contributed by atoms with Crippen LogP contribution in [0.3, 0.4) is 0 Å². The van der Waals surface area contributed by atoms with E-state index in [0.29, 0.717) is 47.6 Å². The molecule has 2 aliphatic heterocycles. The SMILES string of the molecule is Clc1cc2[nH]c(OC3CO[C@@H]4CCO[C@H]34)nc2nc1-c1ccc(-c2ccc(Cn3ccnn3)cc2)cc1. The van der Waals surface area contributed by atoms with Crippen molar-refractivity contribution in [3.63, 3.8) is 0 Å². The number of rotatable bonds is 6. The van der Waals surface area contributed by atoms with Crippen LogP contribution in [0.25, 0.3) is 33.5 Å². The number of pyridine rings is 1. The number of nitrogens with zero attached hydrogens (tertiary/aromatic N) is 5. The van der Waals surface area contributed by atoms with Crippen LogP contribution in [-0.4, -0.2) is 61.5 Å². The summed E-state index contributed by atoms with van der Waals surface area (Å²) < 4.78 is 19.4. The topological polar surface area (TPSA) is 100.0 Å². The Morgan fingerprint density at radius 1 is 1.00 bits per heavy atom. The Hall–Kier alpha value is -3.79. The van der Waals surface area contributed by atoms with E-state index < -0.39 is 0 Å². The van der Waals surface area contributed by atoms with Crippen LogP contribution in [0.1, 0.15) is 12.0 Å². The number of imidazole rings is 1. The van der Waals surface area contributed by atoms with Crippen LogP contribution in [0.4, 0.5) is 0 Å². The fraction of sp³-hybridized carbons (Fsp3) is 0.259. The number of aromatic nitrogens is 6. The lowest BCUT2D eigenvalue weighted by Gasteiger charge is -2.15. The Morgan fingerprint density at radius 3 is 2.57 bits per heavy atom. The van der Waals surface area contributed by atoms with Gasteiger partial charge in [0.25, 0.3) is 6.01 Å². The van der Waals surface area contributed by atoms with E-state index in [9.17, 15) is 0 Å². The van der Waals surface area contributed by atoms with E-state index in [1.165, 1.54) is 0 Å². The Kier molecular flexibility index (Phi) is 5.61. The molecule has 9 nitrogen and oxygen atoms in total. The first-order valence-electron chi connectivity index (χ1n) is 12.2. The Balaban J connectivity index is 1.09. The highest BCUT2D eigenvalue weighted by molar-refractivity contribution is 6.33. The molecule has 0 spiro atoms. The van der Waals surface area contributed by atoms with Gasteiger partial charge in [-0.1, -0.05) is 65.3 Å². The van der Waals surface area contributed by atoms with Crippen molar-refractivity contribution in [2.45, 2.75) is 31.3 Å². The van der Waals surface area contributed by atoms with Gasteiger partial charge in [-0.2, -0.15) is 4.98 Å². The highest BCUT2D eigenvalue weighted by Gasteiger charge is 2.43. The van der Waals surface area contributed by atoms with Crippen LogP contribution in [0.2, 0.25) is 5.02 Å². The molecule has 2 aromatic carbocycles. The summed E-state index contributed by atoms with van der Waals surface area (Å²) >= 11 is 6.62. The number of benzene rings is 2. The van der Waals surface area contributed by atoms with E-state index in [-0.39, 0.29) is 18.3 Å². The van der Waals surface area contributed by atoms with E-state index >= 15 is 0 Å². The molecular formula is C27H23ClN6O3. The smallest absolute Gasteiger partial charge is 0.296 e. The lowest BCUT2D eigenvalue weighted by Crippen LogP contribution is -2.32. The van der Waals surface area contributed by atoms with Crippen molar-refractivity contribution < 1.29 is 14.2 Å². The van der Waals surface area contributed by atoms with Gasteiger partial charge in [-0.3, -0.25) is 0 Å². The maximum Gasteiger partial charge on any atom is 0.296 e. The van der Waals surface area contributed by atoms with Crippen LogP contribution in [0.5, 0.6) is 6.01 Å². The van der Waals surface area contributed by atoms with Gasteiger partial charge in [-0.05, 0) is 29.2 Å². The number of ether oxygens (including phenoxy) is 3. The predicted octanol–water partition coefficient (Wildman–Crippen LogP) is 4.52. The minimum absolute atomic E-state index is 0.0521. The maximum atomic E-state index is 6.62. The number of aromatic amines is 1. The van der Waals surface area contributed by atoms with Crippen molar-refractivity contribution in [2.24, 2.45) is 0 Å². The summed E-state index contributed by atoms with van der Waals surface area (Å²) in [7, 11) is 0. The standard InChI is InChI=1S/C27H23ClN6O3/c28-20-13-21-26(32-27(30-21)37-23-15-36-22-9-12-35-25(22)23)31-24(20)19-7-5-18(6-8-19)17-3-1-16(2-4-17)14-34-11-10-29-33-34/h1-8,10-11,13,22-23,25H,9,12,14-15H2,(H,30,31,32)/t22-,23?,25+/m1/s1. The van der Waals surface area contributed by atoms with Gasteiger partial charge in [-0.15, -0.1) is 5.10 Å². The summed E-state index contributed by atoms with van der Waals surface area (Å²) in [5.41, 5.74) is 6.24. The van der Waals surface area contributed by atoms with E-state index in [4.69, 9.17) is 30.8 Å². The highest BCUT2D eigenvalue weighted by atomic mass is 35.5. The Morgan fingerprint density at radius 2 is 1.78 bits per heavy atom. The molecule has 2 aliphatic rings. The third-order valence-corrected chi connectivity index (χ3v) is 7.14. The van der Waals surface area contributed by atoms with Gasteiger partial charge < -0.3 is 19.2 Å². The van der Waals surface area contributed by atoms with Crippen LogP contribution in [0.15, 0.2) is 67.0 Å². The minimum atomic E-state index is -0.188. The summed E-state index contributed by atoms with van der Waals surface area (Å²) in [6, 6.07) is 18.8. The third-order valence-electron chi connectivity index (χ3n) is 6.85. The monoisotopic (exact) mass is 514 g/mol. The lowest BCUT2D eigenvalue weighted by atomic mass is 10.0. The highest BCUT2D eigenvalue weighted by Crippen LogP contribution is 2.33. The number of fused-ring (bicyclic) bond motifs is 2. The largest absolute Gasteiger partial charge is 0.456 e. The van der Waals surface area contributed by atoms with Crippen LogP contribution in [-0.2, 0) is 16.0 Å². The summed E-state index contributed by atoms with van der Waals surface area (Å²) in [4.78, 5) is 12.4. The summed E-state index contributed by atoms with van der Waals surface area (Å²) in [5, 5.41) is 8.41. The molecule has 0 aliphatic carbocycles. The molecule has 186 valence electrons.